The van der Waals surface area contributed by atoms with Crippen molar-refractivity contribution >= 4 is 68.0 Å². The van der Waals surface area contributed by atoms with Crippen LogP contribution >= 0.6 is 68.0 Å². The summed E-state index contributed by atoms with van der Waals surface area (Å²) in [4.78, 5) is 37.6. The molecule has 0 saturated heterocycles. The molecule has 6 aromatic heterocycles. The van der Waals surface area contributed by atoms with Gasteiger partial charge in [-0.1, -0.05) is 182 Å². The Kier molecular flexibility index (Phi) is 11.2. The molecule has 6 heterocycles. The van der Waals surface area contributed by atoms with Gasteiger partial charge in [0.2, 0.25) is 0 Å². The summed E-state index contributed by atoms with van der Waals surface area (Å²) in [7, 11) is 0. The van der Waals surface area contributed by atoms with E-state index < -0.39 is 0 Å². The van der Waals surface area contributed by atoms with Crippen LogP contribution < -0.4 is 0 Å². The maximum absolute atomic E-state index is 5.63. The van der Waals surface area contributed by atoms with Crippen LogP contribution in [0.5, 0.6) is 0 Å². The summed E-state index contributed by atoms with van der Waals surface area (Å²) in [5, 5.41) is 7.70. The van der Waals surface area contributed by atoms with Crippen molar-refractivity contribution in [2.24, 2.45) is 0 Å². The predicted octanol–water partition coefficient (Wildman–Crippen LogP) is 17.1. The van der Waals surface area contributed by atoms with Gasteiger partial charge in [-0.2, -0.15) is 0 Å². The zero-order valence-electron chi connectivity index (χ0n) is 35.5. The van der Waals surface area contributed by atoms with Gasteiger partial charge in [0.1, 0.15) is 52.8 Å². The van der Waals surface area contributed by atoms with Crippen molar-refractivity contribution in [1.29, 1.82) is 0 Å². The van der Waals surface area contributed by atoms with Gasteiger partial charge in [0.25, 0.3) is 0 Å². The van der Waals surface area contributed by atoms with Crippen LogP contribution in [-0.2, 0) is 0 Å². The van der Waals surface area contributed by atoms with Crippen molar-refractivity contribution in [3.63, 3.8) is 0 Å². The Hall–Kier alpha value is -6.90. The molecule has 0 aliphatic carbocycles. The number of hydrogen-bond acceptors (Lipinski definition) is 12. The number of nitrogens with zero attached hydrogens (tertiary/aromatic N) is 6. The predicted molar refractivity (Wildman–Crippen MR) is 285 cm³/mol. The quantitative estimate of drug-likeness (QED) is 0.129. The fraction of sp³-hybridized carbons (Fsp3) is 0.0182. The molecule has 12 heteroatoms. The number of benzene rings is 6. The van der Waals surface area contributed by atoms with E-state index in [4.69, 9.17) is 29.9 Å². The van der Waals surface area contributed by atoms with E-state index in [0.717, 1.165) is 122 Å². The van der Waals surface area contributed by atoms with Crippen LogP contribution in [0.25, 0.3) is 116 Å². The van der Waals surface area contributed by atoms with Gasteiger partial charge in [-0.3, -0.25) is 0 Å². The van der Waals surface area contributed by atoms with Gasteiger partial charge in [0, 0.05) is 38.8 Å². The summed E-state index contributed by atoms with van der Waals surface area (Å²) in [6, 6.07) is 62.5. The monoisotopic (exact) mass is 970 g/mol. The van der Waals surface area contributed by atoms with Gasteiger partial charge in [-0.15, -0.1) is 68.0 Å². The van der Waals surface area contributed by atoms with Crippen LogP contribution in [0.3, 0.4) is 0 Å². The molecule has 0 atom stereocenters. The summed E-state index contributed by atoms with van der Waals surface area (Å²) in [6.45, 7) is 2.08. The Labute approximate surface area is 411 Å². The Morgan fingerprint density at radius 3 is 0.896 bits per heavy atom. The fourth-order valence-electron chi connectivity index (χ4n) is 7.78. The van der Waals surface area contributed by atoms with Crippen molar-refractivity contribution in [3.05, 3.63) is 193 Å². The number of thiazole rings is 6. The van der Waals surface area contributed by atoms with Crippen LogP contribution in [0, 0.1) is 6.92 Å². The average Bonchev–Trinajstić information content (AvgIpc) is 4.27. The number of aromatic nitrogens is 6. The maximum Gasteiger partial charge on any atom is 0.124 e. The fourth-order valence-corrected chi connectivity index (χ4v) is 14.3. The van der Waals surface area contributed by atoms with E-state index in [0.29, 0.717) is 0 Å². The molecule has 0 spiro atoms. The molecular formula is C55H34N6S6. The first kappa shape index (κ1) is 41.5. The topological polar surface area (TPSA) is 77.3 Å². The Balaban J connectivity index is 1.12. The third-order valence-electron chi connectivity index (χ3n) is 11.0. The molecule has 67 heavy (non-hydrogen) atoms. The molecule has 0 bridgehead atoms. The number of hydrogen-bond donors (Lipinski definition) is 0. The Morgan fingerprint density at radius 1 is 0.269 bits per heavy atom. The molecule has 12 rings (SSSR count). The van der Waals surface area contributed by atoms with E-state index in [9.17, 15) is 0 Å². The first-order valence-corrected chi connectivity index (χ1v) is 26.4. The molecule has 0 aliphatic rings. The normalized spacial score (nSPS) is 11.4. The third kappa shape index (κ3) is 8.11. The summed E-state index contributed by atoms with van der Waals surface area (Å²) >= 11 is 9.98. The van der Waals surface area contributed by atoms with E-state index in [1.54, 1.807) is 68.0 Å². The molecule has 12 aromatic rings. The van der Waals surface area contributed by atoms with E-state index in [-0.39, 0.29) is 0 Å². The lowest BCUT2D eigenvalue weighted by Crippen LogP contribution is -1.88. The van der Waals surface area contributed by atoms with Crippen LogP contribution in [0.2, 0.25) is 0 Å². The van der Waals surface area contributed by atoms with Gasteiger partial charge in [0.05, 0.1) is 35.8 Å². The molecule has 0 saturated carbocycles. The first-order valence-electron chi connectivity index (χ1n) is 21.4. The van der Waals surface area contributed by atoms with E-state index in [2.05, 4.69) is 158 Å². The molecule has 0 amide bonds. The highest BCUT2D eigenvalue weighted by Crippen LogP contribution is 2.54. The summed E-state index contributed by atoms with van der Waals surface area (Å²) in [6.07, 6.45) is 0. The second kappa shape index (κ2) is 18.1. The molecular weight excluding hydrogens is 937 g/mol. The van der Waals surface area contributed by atoms with Crippen LogP contribution in [-0.4, -0.2) is 29.9 Å². The number of rotatable bonds is 11. The first-order chi connectivity index (χ1) is 33.1. The zero-order valence-corrected chi connectivity index (χ0v) is 40.4. The second-order valence-electron chi connectivity index (χ2n) is 15.5. The van der Waals surface area contributed by atoms with Gasteiger partial charge in [-0.05, 0) is 6.92 Å². The third-order valence-corrected chi connectivity index (χ3v) is 17.6. The summed E-state index contributed by atoms with van der Waals surface area (Å²) in [5.41, 5.74) is 11.5. The average molecular weight is 971 g/mol. The van der Waals surface area contributed by atoms with Crippen LogP contribution in [0.4, 0.5) is 0 Å². The van der Waals surface area contributed by atoms with E-state index in [1.807, 2.05) is 36.4 Å². The minimum absolute atomic E-state index is 0.829. The second-order valence-corrected chi connectivity index (χ2v) is 21.3. The number of aryl methyl sites for hydroxylation is 1. The molecule has 0 N–H and O–H groups in total. The highest BCUT2D eigenvalue weighted by Gasteiger charge is 2.31. The summed E-state index contributed by atoms with van der Waals surface area (Å²) < 4.78 is 0. The highest BCUT2D eigenvalue weighted by atomic mass is 32.1. The Morgan fingerprint density at radius 2 is 0.537 bits per heavy atom. The summed E-state index contributed by atoms with van der Waals surface area (Å²) in [5.74, 6) is 0. The minimum Gasteiger partial charge on any atom is -0.241 e. The van der Waals surface area contributed by atoms with Crippen LogP contribution in [0.15, 0.2) is 187 Å². The SMILES string of the molecule is Cc1nc(-c2ccccc2)sc1-c1nc(-c2ccccc2)sc1-c1nc(-c2ccccc2)sc1-c1nc(-c2ccccc2)sc1-c1nc(-c2ccccc2)sc1-c1csc(-c2ccccc2)n1. The van der Waals surface area contributed by atoms with Gasteiger partial charge in [-0.25, -0.2) is 29.9 Å². The molecule has 0 aliphatic heterocycles. The van der Waals surface area contributed by atoms with Gasteiger partial charge >= 0.3 is 0 Å². The maximum atomic E-state index is 5.63. The lowest BCUT2D eigenvalue weighted by molar-refractivity contribution is 1.26. The van der Waals surface area contributed by atoms with Gasteiger partial charge < -0.3 is 0 Å². The van der Waals surface area contributed by atoms with Crippen molar-refractivity contribution in [2.75, 3.05) is 0 Å². The van der Waals surface area contributed by atoms with Crippen molar-refractivity contribution in [1.82, 2.24) is 29.9 Å². The largest absolute Gasteiger partial charge is 0.241 e. The highest BCUT2D eigenvalue weighted by molar-refractivity contribution is 7.24. The minimum atomic E-state index is 0.829. The van der Waals surface area contributed by atoms with E-state index >= 15 is 0 Å². The standard InChI is InChI=1S/C55H34N6S6/c1-33-45(63-51(56-33)35-22-10-3-11-23-35)41-47(65-53(58-41)37-26-14-5-15-27-37)43-49(67-55(60-43)39-30-18-7-19-31-39)44-48(66-54(61-44)38-28-16-6-17-29-38)42-46(64-52(59-42)36-24-12-4-13-25-36)40-32-62-50(57-40)34-20-8-2-9-21-34/h2-32H,1H3. The Bertz CT molecular complexity index is 3630. The van der Waals surface area contributed by atoms with Crippen molar-refractivity contribution in [2.45, 2.75) is 6.92 Å². The molecule has 6 aromatic carbocycles. The molecule has 0 unspecified atom stereocenters. The van der Waals surface area contributed by atoms with Crippen LogP contribution in [0.1, 0.15) is 5.69 Å². The smallest absolute Gasteiger partial charge is 0.124 e. The van der Waals surface area contributed by atoms with E-state index in [1.165, 1.54) is 0 Å². The van der Waals surface area contributed by atoms with Crippen molar-refractivity contribution < 1.29 is 0 Å². The lowest BCUT2D eigenvalue weighted by Gasteiger charge is -2.04. The molecule has 0 fully saturated rings. The molecule has 320 valence electrons. The molecule has 6 nitrogen and oxygen atoms in total. The zero-order chi connectivity index (χ0) is 44.7. The van der Waals surface area contributed by atoms with Crippen molar-refractivity contribution in [3.8, 4) is 116 Å². The molecule has 0 radical (unpaired) electrons. The lowest BCUT2D eigenvalue weighted by atomic mass is 10.1. The van der Waals surface area contributed by atoms with Gasteiger partial charge in [0.15, 0.2) is 0 Å².